The van der Waals surface area contributed by atoms with E-state index in [1.165, 1.54) is 6.07 Å². The van der Waals surface area contributed by atoms with Gasteiger partial charge in [-0.1, -0.05) is 19.9 Å². The molecule has 0 saturated heterocycles. The third-order valence-corrected chi connectivity index (χ3v) is 5.54. The number of hydrogen-bond donors (Lipinski definition) is 3. The lowest BCUT2D eigenvalue weighted by Crippen LogP contribution is -2.27. The van der Waals surface area contributed by atoms with Crippen molar-refractivity contribution >= 4 is 40.1 Å². The van der Waals surface area contributed by atoms with Crippen LogP contribution in [0.25, 0.3) is 22.6 Å². The van der Waals surface area contributed by atoms with Crippen molar-refractivity contribution in [3.63, 3.8) is 0 Å². The molecule has 1 amide bonds. The Morgan fingerprint density at radius 1 is 1.16 bits per heavy atom. The average molecular weight is 419 g/mol. The van der Waals surface area contributed by atoms with E-state index in [9.17, 15) is 14.7 Å². The summed E-state index contributed by atoms with van der Waals surface area (Å²) in [6.07, 6.45) is 1.69. The smallest absolute Gasteiger partial charge is 0.336 e. The minimum Gasteiger partial charge on any atom is -0.492 e. The van der Waals surface area contributed by atoms with Gasteiger partial charge in [0.1, 0.15) is 12.4 Å². The molecular formula is C24H25N3O4. The SMILES string of the molecule is CCN(CC)CCOc1ccc2[nH]c(/C=C3/C(=O)Nc4cccc(C(=O)O)c43)cc2c1. The van der Waals surface area contributed by atoms with Gasteiger partial charge in [-0.05, 0) is 55.6 Å². The van der Waals surface area contributed by atoms with Gasteiger partial charge >= 0.3 is 5.97 Å². The molecule has 0 aliphatic carbocycles. The number of ether oxygens (including phenoxy) is 1. The molecule has 7 nitrogen and oxygen atoms in total. The van der Waals surface area contributed by atoms with Gasteiger partial charge in [0.05, 0.1) is 11.1 Å². The normalized spacial score (nSPS) is 14.3. The third kappa shape index (κ3) is 4.18. The van der Waals surface area contributed by atoms with Crippen LogP contribution in [0, 0.1) is 0 Å². The number of amides is 1. The molecule has 0 atom stereocenters. The van der Waals surface area contributed by atoms with E-state index < -0.39 is 5.97 Å². The topological polar surface area (TPSA) is 94.7 Å². The highest BCUT2D eigenvalue weighted by molar-refractivity contribution is 6.36. The molecule has 0 saturated carbocycles. The zero-order valence-electron chi connectivity index (χ0n) is 17.6. The van der Waals surface area contributed by atoms with E-state index in [1.54, 1.807) is 18.2 Å². The largest absolute Gasteiger partial charge is 0.492 e. The summed E-state index contributed by atoms with van der Waals surface area (Å²) in [6.45, 7) is 7.74. The molecule has 2 heterocycles. The molecule has 1 aliphatic heterocycles. The number of aromatic amines is 1. The van der Waals surface area contributed by atoms with Crippen LogP contribution < -0.4 is 10.1 Å². The number of carboxylic acid groups (broad SMARTS) is 1. The number of likely N-dealkylation sites (N-methyl/N-ethyl adjacent to an activating group) is 1. The fraction of sp³-hybridized carbons (Fsp3) is 0.250. The van der Waals surface area contributed by atoms with Crippen LogP contribution in [0.5, 0.6) is 5.75 Å². The van der Waals surface area contributed by atoms with Crippen LogP contribution in [0.15, 0.2) is 42.5 Å². The van der Waals surface area contributed by atoms with E-state index in [-0.39, 0.29) is 11.5 Å². The van der Waals surface area contributed by atoms with Gasteiger partial charge in [0.15, 0.2) is 0 Å². The van der Waals surface area contributed by atoms with Gasteiger partial charge in [0.2, 0.25) is 0 Å². The van der Waals surface area contributed by atoms with E-state index in [0.29, 0.717) is 29.1 Å². The van der Waals surface area contributed by atoms with Crippen molar-refractivity contribution in [3.8, 4) is 5.75 Å². The number of anilines is 1. The Balaban J connectivity index is 1.60. The van der Waals surface area contributed by atoms with Gasteiger partial charge in [-0.2, -0.15) is 0 Å². The lowest BCUT2D eigenvalue weighted by atomic mass is 9.99. The zero-order valence-corrected chi connectivity index (χ0v) is 17.6. The van der Waals surface area contributed by atoms with Crippen LogP contribution >= 0.6 is 0 Å². The number of rotatable bonds is 8. The van der Waals surface area contributed by atoms with Gasteiger partial charge in [-0.15, -0.1) is 0 Å². The van der Waals surface area contributed by atoms with Gasteiger partial charge in [0, 0.05) is 34.4 Å². The Morgan fingerprint density at radius 2 is 1.97 bits per heavy atom. The summed E-state index contributed by atoms with van der Waals surface area (Å²) < 4.78 is 5.90. The molecule has 1 aromatic heterocycles. The number of carboxylic acids is 1. The molecule has 0 fully saturated rings. The predicted molar refractivity (Wildman–Crippen MR) is 121 cm³/mol. The summed E-state index contributed by atoms with van der Waals surface area (Å²) in [7, 11) is 0. The van der Waals surface area contributed by atoms with Crippen LogP contribution in [0.4, 0.5) is 5.69 Å². The van der Waals surface area contributed by atoms with E-state index in [0.717, 1.165) is 36.3 Å². The minimum absolute atomic E-state index is 0.0992. The van der Waals surface area contributed by atoms with Crippen molar-refractivity contribution in [1.82, 2.24) is 9.88 Å². The monoisotopic (exact) mass is 419 g/mol. The average Bonchev–Trinajstić information content (AvgIpc) is 3.30. The molecule has 0 unspecified atom stereocenters. The number of carbonyl (C=O) groups excluding carboxylic acids is 1. The van der Waals surface area contributed by atoms with Crippen molar-refractivity contribution in [3.05, 3.63) is 59.3 Å². The minimum atomic E-state index is -1.07. The van der Waals surface area contributed by atoms with Crippen LogP contribution in [0.3, 0.4) is 0 Å². The number of H-pyrrole nitrogens is 1. The second-order valence-electron chi connectivity index (χ2n) is 7.39. The Kier molecular flexibility index (Phi) is 5.77. The van der Waals surface area contributed by atoms with Crippen molar-refractivity contribution in [2.75, 3.05) is 31.6 Å². The van der Waals surface area contributed by atoms with Crippen LogP contribution in [0.2, 0.25) is 0 Å². The molecule has 7 heteroatoms. The summed E-state index contributed by atoms with van der Waals surface area (Å²) in [4.78, 5) is 29.7. The summed E-state index contributed by atoms with van der Waals surface area (Å²) in [5.41, 5.74) is 2.98. The van der Waals surface area contributed by atoms with Crippen LogP contribution in [-0.2, 0) is 4.79 Å². The van der Waals surface area contributed by atoms with Crippen molar-refractivity contribution in [1.29, 1.82) is 0 Å². The molecule has 0 bridgehead atoms. The molecule has 3 N–H and O–H groups in total. The highest BCUT2D eigenvalue weighted by Crippen LogP contribution is 2.36. The van der Waals surface area contributed by atoms with E-state index in [1.807, 2.05) is 24.3 Å². The molecule has 0 radical (unpaired) electrons. The molecule has 4 rings (SSSR count). The third-order valence-electron chi connectivity index (χ3n) is 5.54. The number of nitrogens with zero attached hydrogens (tertiary/aromatic N) is 1. The highest BCUT2D eigenvalue weighted by atomic mass is 16.5. The Morgan fingerprint density at radius 3 is 2.71 bits per heavy atom. The Labute approximate surface area is 180 Å². The molecule has 31 heavy (non-hydrogen) atoms. The first-order chi connectivity index (χ1) is 15.0. The fourth-order valence-electron chi connectivity index (χ4n) is 3.85. The molecule has 3 aromatic rings. The first-order valence-electron chi connectivity index (χ1n) is 10.4. The maximum Gasteiger partial charge on any atom is 0.336 e. The number of fused-ring (bicyclic) bond motifs is 2. The zero-order chi connectivity index (χ0) is 22.0. The van der Waals surface area contributed by atoms with Crippen molar-refractivity contribution < 1.29 is 19.4 Å². The highest BCUT2D eigenvalue weighted by Gasteiger charge is 2.29. The number of nitrogens with one attached hydrogen (secondary N) is 2. The number of carbonyl (C=O) groups is 2. The van der Waals surface area contributed by atoms with Gasteiger partial charge < -0.3 is 25.0 Å². The van der Waals surface area contributed by atoms with Crippen molar-refractivity contribution in [2.45, 2.75) is 13.8 Å². The van der Waals surface area contributed by atoms with Gasteiger partial charge in [0.25, 0.3) is 5.91 Å². The molecule has 0 spiro atoms. The molecule has 160 valence electrons. The van der Waals surface area contributed by atoms with E-state index in [4.69, 9.17) is 4.74 Å². The molecule has 2 aromatic carbocycles. The fourth-order valence-corrected chi connectivity index (χ4v) is 3.85. The lowest BCUT2D eigenvalue weighted by Gasteiger charge is -2.17. The van der Waals surface area contributed by atoms with Gasteiger partial charge in [-0.3, -0.25) is 4.79 Å². The summed E-state index contributed by atoms with van der Waals surface area (Å²) in [5, 5.41) is 13.2. The summed E-state index contributed by atoms with van der Waals surface area (Å²) in [5.74, 6) is -0.597. The second-order valence-corrected chi connectivity index (χ2v) is 7.39. The predicted octanol–water partition coefficient (Wildman–Crippen LogP) is 4.08. The second kappa shape index (κ2) is 8.65. The maximum absolute atomic E-state index is 12.5. The summed E-state index contributed by atoms with van der Waals surface area (Å²) >= 11 is 0. The quantitative estimate of drug-likeness (QED) is 0.478. The molecular weight excluding hydrogens is 394 g/mol. The number of aromatic nitrogens is 1. The first kappa shape index (κ1) is 20.7. The standard InChI is InChI=1S/C24H25N3O4/c1-3-27(4-2)10-11-31-17-8-9-20-15(13-17)12-16(25-20)14-19-22-18(24(29)30)6-5-7-21(22)26-23(19)28/h5-9,12-14,25H,3-4,10-11H2,1-2H3,(H,26,28)(H,29,30)/b19-14+. The molecule has 1 aliphatic rings. The Hall–Kier alpha value is -3.58. The first-order valence-corrected chi connectivity index (χ1v) is 10.4. The van der Waals surface area contributed by atoms with Crippen LogP contribution in [0.1, 0.15) is 35.5 Å². The van der Waals surface area contributed by atoms with Gasteiger partial charge in [-0.25, -0.2) is 4.79 Å². The lowest BCUT2D eigenvalue weighted by molar-refractivity contribution is -0.110. The van der Waals surface area contributed by atoms with Crippen molar-refractivity contribution in [2.24, 2.45) is 0 Å². The number of benzene rings is 2. The van der Waals surface area contributed by atoms with E-state index >= 15 is 0 Å². The number of aromatic carboxylic acids is 1. The Bertz CT molecular complexity index is 1170. The van der Waals surface area contributed by atoms with Crippen LogP contribution in [-0.4, -0.2) is 53.1 Å². The van der Waals surface area contributed by atoms with E-state index in [2.05, 4.69) is 29.0 Å². The maximum atomic E-state index is 12.5. The number of hydrogen-bond acceptors (Lipinski definition) is 4. The summed E-state index contributed by atoms with van der Waals surface area (Å²) in [6, 6.07) is 12.6.